The molecule has 7 heteroatoms. The van der Waals surface area contributed by atoms with Crippen LogP contribution in [0.2, 0.25) is 5.02 Å². The Morgan fingerprint density at radius 1 is 1.24 bits per heavy atom. The summed E-state index contributed by atoms with van der Waals surface area (Å²) in [4.78, 5) is 8.91. The van der Waals surface area contributed by atoms with E-state index in [-0.39, 0.29) is 0 Å². The molecule has 0 aliphatic rings. The number of fused-ring (bicyclic) bond motifs is 1. The van der Waals surface area contributed by atoms with Gasteiger partial charge in [0, 0.05) is 23.9 Å². The van der Waals surface area contributed by atoms with Gasteiger partial charge in [0.05, 0.1) is 17.8 Å². The highest BCUT2D eigenvalue weighted by Crippen LogP contribution is 2.31. The quantitative estimate of drug-likeness (QED) is 0.688. The Kier molecular flexibility index (Phi) is 4.99. The number of nitrogens with two attached hydrogens (primary N) is 1. The predicted octanol–water partition coefficient (Wildman–Crippen LogP) is 4.24. The monoisotopic (exact) mass is 359 g/mol. The SMILES string of the molecule is CCC(CC)Nc1cc(N)nc2nc(-c3ccc(OC)cc3Cl)cn12. The number of hydrogen-bond donors (Lipinski definition) is 2. The van der Waals surface area contributed by atoms with Gasteiger partial charge in [0.2, 0.25) is 5.78 Å². The lowest BCUT2D eigenvalue weighted by atomic mass is 10.1. The molecule has 2 aromatic heterocycles. The predicted molar refractivity (Wildman–Crippen MR) is 102 cm³/mol. The van der Waals surface area contributed by atoms with Crippen LogP contribution < -0.4 is 15.8 Å². The fourth-order valence-corrected chi connectivity index (χ4v) is 3.02. The molecule has 6 nitrogen and oxygen atoms in total. The van der Waals surface area contributed by atoms with Crippen LogP contribution in [0.5, 0.6) is 5.75 Å². The van der Waals surface area contributed by atoms with Gasteiger partial charge in [0.1, 0.15) is 17.4 Å². The van der Waals surface area contributed by atoms with Crippen LogP contribution in [-0.4, -0.2) is 27.5 Å². The zero-order chi connectivity index (χ0) is 18.0. The minimum Gasteiger partial charge on any atom is -0.497 e. The second kappa shape index (κ2) is 7.19. The molecular weight excluding hydrogens is 338 g/mol. The van der Waals surface area contributed by atoms with Gasteiger partial charge in [-0.2, -0.15) is 4.98 Å². The summed E-state index contributed by atoms with van der Waals surface area (Å²) < 4.78 is 7.11. The van der Waals surface area contributed by atoms with Gasteiger partial charge < -0.3 is 15.8 Å². The molecule has 3 N–H and O–H groups in total. The number of hydrogen-bond acceptors (Lipinski definition) is 5. The average molecular weight is 360 g/mol. The van der Waals surface area contributed by atoms with E-state index in [9.17, 15) is 0 Å². The van der Waals surface area contributed by atoms with Crippen LogP contribution in [0.15, 0.2) is 30.5 Å². The third-order valence-electron chi connectivity index (χ3n) is 4.25. The molecule has 0 aliphatic heterocycles. The van der Waals surface area contributed by atoms with Crippen molar-refractivity contribution in [3.05, 3.63) is 35.5 Å². The molecule has 0 unspecified atom stereocenters. The lowest BCUT2D eigenvalue weighted by Crippen LogP contribution is -2.19. The Morgan fingerprint density at radius 2 is 2.00 bits per heavy atom. The molecule has 0 aliphatic carbocycles. The first kappa shape index (κ1) is 17.4. The largest absolute Gasteiger partial charge is 0.497 e. The summed E-state index contributed by atoms with van der Waals surface area (Å²) in [6.07, 6.45) is 3.96. The molecule has 1 aromatic carbocycles. The van der Waals surface area contributed by atoms with Crippen LogP contribution >= 0.6 is 11.6 Å². The van der Waals surface area contributed by atoms with E-state index in [0.29, 0.717) is 28.4 Å². The van der Waals surface area contributed by atoms with Gasteiger partial charge in [-0.15, -0.1) is 0 Å². The third kappa shape index (κ3) is 3.49. The van der Waals surface area contributed by atoms with Crippen LogP contribution in [0.1, 0.15) is 26.7 Å². The number of nitrogens with one attached hydrogen (secondary N) is 1. The van der Waals surface area contributed by atoms with Crippen molar-refractivity contribution < 1.29 is 4.74 Å². The zero-order valence-electron chi connectivity index (χ0n) is 14.6. The summed E-state index contributed by atoms with van der Waals surface area (Å²) >= 11 is 6.38. The maximum absolute atomic E-state index is 6.38. The summed E-state index contributed by atoms with van der Waals surface area (Å²) in [6.45, 7) is 4.30. The van der Waals surface area contributed by atoms with Crippen molar-refractivity contribution >= 4 is 29.0 Å². The molecule has 0 saturated carbocycles. The molecule has 0 atom stereocenters. The second-order valence-corrected chi connectivity index (χ2v) is 6.27. The second-order valence-electron chi connectivity index (χ2n) is 5.87. The Balaban J connectivity index is 2.07. The van der Waals surface area contributed by atoms with Crippen molar-refractivity contribution in [3.8, 4) is 17.0 Å². The first-order valence-corrected chi connectivity index (χ1v) is 8.69. The number of nitrogen functional groups attached to an aromatic ring is 1. The average Bonchev–Trinajstić information content (AvgIpc) is 3.02. The van der Waals surface area contributed by atoms with Gasteiger partial charge in [-0.3, -0.25) is 4.40 Å². The van der Waals surface area contributed by atoms with E-state index in [1.54, 1.807) is 13.2 Å². The maximum Gasteiger partial charge on any atom is 0.237 e. The van der Waals surface area contributed by atoms with E-state index in [4.69, 9.17) is 22.1 Å². The van der Waals surface area contributed by atoms with Crippen molar-refractivity contribution in [2.75, 3.05) is 18.2 Å². The molecule has 25 heavy (non-hydrogen) atoms. The van der Waals surface area contributed by atoms with Gasteiger partial charge >= 0.3 is 0 Å². The Hall–Kier alpha value is -2.47. The van der Waals surface area contributed by atoms with Gasteiger partial charge in [0.15, 0.2) is 0 Å². The normalized spacial score (nSPS) is 11.2. The highest BCUT2D eigenvalue weighted by atomic mass is 35.5. The Bertz CT molecular complexity index is 889. The summed E-state index contributed by atoms with van der Waals surface area (Å²) in [5.41, 5.74) is 7.51. The smallest absolute Gasteiger partial charge is 0.237 e. The van der Waals surface area contributed by atoms with E-state index in [0.717, 1.165) is 29.9 Å². The van der Waals surface area contributed by atoms with E-state index < -0.39 is 0 Å². The minimum atomic E-state index is 0.362. The summed E-state index contributed by atoms with van der Waals surface area (Å²) in [5.74, 6) is 2.55. The fraction of sp³-hybridized carbons (Fsp3) is 0.333. The molecule has 0 spiro atoms. The Morgan fingerprint density at radius 3 is 2.64 bits per heavy atom. The van der Waals surface area contributed by atoms with Crippen molar-refractivity contribution in [1.82, 2.24) is 14.4 Å². The molecule has 3 aromatic rings. The number of anilines is 2. The molecule has 0 bridgehead atoms. The number of methoxy groups -OCH3 is 1. The molecule has 2 heterocycles. The number of ether oxygens (including phenoxy) is 1. The van der Waals surface area contributed by atoms with Crippen molar-refractivity contribution in [1.29, 1.82) is 0 Å². The number of imidazole rings is 1. The van der Waals surface area contributed by atoms with Crippen LogP contribution in [0.4, 0.5) is 11.6 Å². The van der Waals surface area contributed by atoms with Gasteiger partial charge in [-0.1, -0.05) is 25.4 Å². The molecule has 3 rings (SSSR count). The van der Waals surface area contributed by atoms with Crippen LogP contribution in [0.3, 0.4) is 0 Å². The van der Waals surface area contributed by atoms with Crippen molar-refractivity contribution in [2.45, 2.75) is 32.7 Å². The highest BCUT2D eigenvalue weighted by molar-refractivity contribution is 6.33. The molecule has 0 amide bonds. The van der Waals surface area contributed by atoms with Crippen molar-refractivity contribution in [3.63, 3.8) is 0 Å². The number of nitrogens with zero attached hydrogens (tertiary/aromatic N) is 3. The Labute approximate surface area is 152 Å². The molecule has 132 valence electrons. The minimum absolute atomic E-state index is 0.362. The zero-order valence-corrected chi connectivity index (χ0v) is 15.3. The maximum atomic E-state index is 6.38. The highest BCUT2D eigenvalue weighted by Gasteiger charge is 2.14. The number of benzene rings is 1. The first-order chi connectivity index (χ1) is 12.0. The fourth-order valence-electron chi connectivity index (χ4n) is 2.76. The molecular formula is C18H22ClN5O. The standard InChI is InChI=1S/C18H22ClN5O/c1-4-11(5-2)21-17-9-16(20)23-18-22-15(10-24(17)18)13-7-6-12(25-3)8-14(13)19/h6-11,21H,4-5H2,1-3H3,(H2,20,22,23). The third-order valence-corrected chi connectivity index (χ3v) is 4.56. The summed E-state index contributed by atoms with van der Waals surface area (Å²) in [6, 6.07) is 7.70. The summed E-state index contributed by atoms with van der Waals surface area (Å²) in [5, 5.41) is 4.08. The topological polar surface area (TPSA) is 77.5 Å². The van der Waals surface area contributed by atoms with Gasteiger partial charge in [0.25, 0.3) is 0 Å². The molecule has 0 saturated heterocycles. The number of halogens is 1. The summed E-state index contributed by atoms with van der Waals surface area (Å²) in [7, 11) is 1.61. The van der Waals surface area contributed by atoms with Crippen LogP contribution in [0.25, 0.3) is 17.0 Å². The lowest BCUT2D eigenvalue weighted by Gasteiger charge is -2.17. The lowest BCUT2D eigenvalue weighted by molar-refractivity contribution is 0.415. The van der Waals surface area contributed by atoms with Gasteiger partial charge in [-0.25, -0.2) is 4.98 Å². The number of rotatable bonds is 6. The van der Waals surface area contributed by atoms with Gasteiger partial charge in [-0.05, 0) is 31.0 Å². The molecule has 0 radical (unpaired) electrons. The molecule has 0 fully saturated rings. The first-order valence-electron chi connectivity index (χ1n) is 8.31. The van der Waals surface area contributed by atoms with Crippen LogP contribution in [-0.2, 0) is 0 Å². The van der Waals surface area contributed by atoms with E-state index in [1.807, 2.05) is 28.8 Å². The van der Waals surface area contributed by atoms with E-state index in [1.165, 1.54) is 0 Å². The van der Waals surface area contributed by atoms with Crippen molar-refractivity contribution in [2.24, 2.45) is 0 Å². The van der Waals surface area contributed by atoms with E-state index in [2.05, 4.69) is 29.1 Å². The van der Waals surface area contributed by atoms with Crippen LogP contribution in [0, 0.1) is 0 Å². The number of aromatic nitrogens is 3. The van der Waals surface area contributed by atoms with E-state index >= 15 is 0 Å².